The minimum absolute atomic E-state index is 0.293. The normalized spacial score (nSPS) is 10.2. The standard InChI is InChI=1S/C17H16F2N2O2/c1-2-21(17(23)12-7-4-3-5-8-12)11-15(22)20-16-13(18)9-6-10-14(16)19/h3-10H,2,11H2,1H3,(H,20,22). The van der Waals surface area contributed by atoms with Crippen LogP contribution in [-0.4, -0.2) is 29.8 Å². The average molecular weight is 318 g/mol. The van der Waals surface area contributed by atoms with Crippen LogP contribution in [0.15, 0.2) is 48.5 Å². The second-order valence-corrected chi connectivity index (χ2v) is 4.83. The summed E-state index contributed by atoms with van der Waals surface area (Å²) in [6.07, 6.45) is 0. The van der Waals surface area contributed by atoms with Crippen molar-refractivity contribution in [3.63, 3.8) is 0 Å². The van der Waals surface area contributed by atoms with Crippen LogP contribution in [0.3, 0.4) is 0 Å². The molecule has 0 radical (unpaired) electrons. The molecule has 0 aliphatic carbocycles. The second kappa shape index (κ2) is 7.49. The van der Waals surface area contributed by atoms with Crippen molar-refractivity contribution in [2.45, 2.75) is 6.92 Å². The highest BCUT2D eigenvalue weighted by Crippen LogP contribution is 2.18. The van der Waals surface area contributed by atoms with Gasteiger partial charge < -0.3 is 10.2 Å². The number of para-hydroxylation sites is 1. The lowest BCUT2D eigenvalue weighted by Gasteiger charge is -2.20. The SMILES string of the molecule is CCN(CC(=O)Nc1c(F)cccc1F)C(=O)c1ccccc1. The molecule has 0 saturated carbocycles. The zero-order chi connectivity index (χ0) is 16.8. The van der Waals surface area contributed by atoms with E-state index in [0.29, 0.717) is 12.1 Å². The number of halogens is 2. The number of carbonyl (C=O) groups is 2. The van der Waals surface area contributed by atoms with Gasteiger partial charge in [0.25, 0.3) is 5.91 Å². The highest BCUT2D eigenvalue weighted by atomic mass is 19.1. The number of likely N-dealkylation sites (N-methyl/N-ethyl adjacent to an activating group) is 1. The largest absolute Gasteiger partial charge is 0.330 e. The van der Waals surface area contributed by atoms with Crippen molar-refractivity contribution < 1.29 is 18.4 Å². The first-order valence-electron chi connectivity index (χ1n) is 7.11. The third-order valence-corrected chi connectivity index (χ3v) is 3.25. The Bertz CT molecular complexity index is 685. The van der Waals surface area contributed by atoms with E-state index >= 15 is 0 Å². The Hall–Kier alpha value is -2.76. The van der Waals surface area contributed by atoms with Gasteiger partial charge in [-0.05, 0) is 31.2 Å². The fourth-order valence-electron chi connectivity index (χ4n) is 2.06. The Morgan fingerprint density at radius 3 is 2.17 bits per heavy atom. The van der Waals surface area contributed by atoms with E-state index in [9.17, 15) is 18.4 Å². The average Bonchev–Trinajstić information content (AvgIpc) is 2.56. The smallest absolute Gasteiger partial charge is 0.254 e. The van der Waals surface area contributed by atoms with Crippen molar-refractivity contribution in [1.29, 1.82) is 0 Å². The maximum absolute atomic E-state index is 13.5. The Kier molecular flexibility index (Phi) is 5.41. The van der Waals surface area contributed by atoms with E-state index < -0.39 is 23.2 Å². The molecule has 0 heterocycles. The van der Waals surface area contributed by atoms with Gasteiger partial charge in [0.05, 0.1) is 0 Å². The lowest BCUT2D eigenvalue weighted by molar-refractivity contribution is -0.116. The highest BCUT2D eigenvalue weighted by Gasteiger charge is 2.19. The molecule has 0 aromatic heterocycles. The number of rotatable bonds is 5. The molecule has 0 saturated heterocycles. The molecule has 0 fully saturated rings. The number of hydrogen-bond acceptors (Lipinski definition) is 2. The highest BCUT2D eigenvalue weighted by molar-refractivity contribution is 5.99. The van der Waals surface area contributed by atoms with E-state index in [0.717, 1.165) is 12.1 Å². The summed E-state index contributed by atoms with van der Waals surface area (Å²) in [5, 5.41) is 2.17. The van der Waals surface area contributed by atoms with Gasteiger partial charge in [-0.1, -0.05) is 24.3 Å². The molecule has 0 bridgehead atoms. The van der Waals surface area contributed by atoms with Crippen LogP contribution in [0.25, 0.3) is 0 Å². The first-order valence-corrected chi connectivity index (χ1v) is 7.11. The molecular weight excluding hydrogens is 302 g/mol. The number of nitrogens with one attached hydrogen (secondary N) is 1. The zero-order valence-corrected chi connectivity index (χ0v) is 12.6. The van der Waals surface area contributed by atoms with Crippen molar-refractivity contribution in [3.8, 4) is 0 Å². The lowest BCUT2D eigenvalue weighted by Crippen LogP contribution is -2.38. The number of anilines is 1. The predicted octanol–water partition coefficient (Wildman–Crippen LogP) is 3.07. The number of amides is 2. The molecule has 4 nitrogen and oxygen atoms in total. The van der Waals surface area contributed by atoms with Crippen molar-refractivity contribution in [2.24, 2.45) is 0 Å². The van der Waals surface area contributed by atoms with Crippen molar-refractivity contribution in [1.82, 2.24) is 4.90 Å². The third-order valence-electron chi connectivity index (χ3n) is 3.25. The Morgan fingerprint density at radius 2 is 1.61 bits per heavy atom. The molecule has 0 unspecified atom stereocenters. The van der Waals surface area contributed by atoms with Crippen LogP contribution in [0.2, 0.25) is 0 Å². The summed E-state index contributed by atoms with van der Waals surface area (Å²) in [6, 6.07) is 11.8. The minimum Gasteiger partial charge on any atom is -0.330 e. The Morgan fingerprint density at radius 1 is 1.00 bits per heavy atom. The van der Waals surface area contributed by atoms with Gasteiger partial charge in [-0.15, -0.1) is 0 Å². The Labute approximate surface area is 132 Å². The zero-order valence-electron chi connectivity index (χ0n) is 12.6. The number of nitrogens with zero attached hydrogens (tertiary/aromatic N) is 1. The summed E-state index contributed by atoms with van der Waals surface area (Å²) in [6.45, 7) is 1.72. The van der Waals surface area contributed by atoms with Crippen LogP contribution >= 0.6 is 0 Å². The summed E-state index contributed by atoms with van der Waals surface area (Å²) in [5.74, 6) is -2.72. The predicted molar refractivity (Wildman–Crippen MR) is 83.0 cm³/mol. The van der Waals surface area contributed by atoms with E-state index in [2.05, 4.69) is 5.32 Å². The number of hydrogen-bond donors (Lipinski definition) is 1. The molecule has 0 spiro atoms. The van der Waals surface area contributed by atoms with Gasteiger partial charge in [-0.25, -0.2) is 8.78 Å². The van der Waals surface area contributed by atoms with E-state index in [-0.39, 0.29) is 12.5 Å². The van der Waals surface area contributed by atoms with E-state index in [1.165, 1.54) is 11.0 Å². The van der Waals surface area contributed by atoms with Crippen molar-refractivity contribution >= 4 is 17.5 Å². The van der Waals surface area contributed by atoms with Gasteiger partial charge in [-0.3, -0.25) is 9.59 Å². The monoisotopic (exact) mass is 318 g/mol. The molecule has 1 N–H and O–H groups in total. The van der Waals surface area contributed by atoms with Crippen LogP contribution in [0, 0.1) is 11.6 Å². The van der Waals surface area contributed by atoms with Crippen LogP contribution in [0.1, 0.15) is 17.3 Å². The van der Waals surface area contributed by atoms with Gasteiger partial charge in [0.15, 0.2) is 0 Å². The molecule has 23 heavy (non-hydrogen) atoms. The van der Waals surface area contributed by atoms with Crippen LogP contribution in [-0.2, 0) is 4.79 Å². The maximum atomic E-state index is 13.5. The molecule has 2 amide bonds. The van der Waals surface area contributed by atoms with Gasteiger partial charge in [0.2, 0.25) is 5.91 Å². The topological polar surface area (TPSA) is 49.4 Å². The molecular formula is C17H16F2N2O2. The molecule has 2 aromatic carbocycles. The van der Waals surface area contributed by atoms with Crippen molar-refractivity contribution in [3.05, 3.63) is 65.7 Å². The van der Waals surface area contributed by atoms with Gasteiger partial charge >= 0.3 is 0 Å². The number of benzene rings is 2. The van der Waals surface area contributed by atoms with Gasteiger partial charge in [0.1, 0.15) is 23.9 Å². The van der Waals surface area contributed by atoms with Crippen LogP contribution < -0.4 is 5.32 Å². The van der Waals surface area contributed by atoms with E-state index in [1.54, 1.807) is 37.3 Å². The van der Waals surface area contributed by atoms with E-state index in [4.69, 9.17) is 0 Å². The first kappa shape index (κ1) is 16.6. The first-order chi connectivity index (χ1) is 11.0. The quantitative estimate of drug-likeness (QED) is 0.921. The molecule has 0 aliphatic heterocycles. The fraction of sp³-hybridized carbons (Fsp3) is 0.176. The minimum atomic E-state index is -0.865. The van der Waals surface area contributed by atoms with E-state index in [1.807, 2.05) is 0 Å². The molecule has 0 atom stereocenters. The Balaban J connectivity index is 2.07. The summed E-state index contributed by atoms with van der Waals surface area (Å²) in [5.41, 5.74) is -0.0695. The maximum Gasteiger partial charge on any atom is 0.254 e. The summed E-state index contributed by atoms with van der Waals surface area (Å²) >= 11 is 0. The van der Waals surface area contributed by atoms with Crippen LogP contribution in [0.4, 0.5) is 14.5 Å². The summed E-state index contributed by atoms with van der Waals surface area (Å²) < 4.78 is 27.0. The third kappa shape index (κ3) is 4.12. The molecule has 0 aliphatic rings. The van der Waals surface area contributed by atoms with Gasteiger partial charge in [0, 0.05) is 12.1 Å². The number of carbonyl (C=O) groups excluding carboxylic acids is 2. The molecule has 2 rings (SSSR count). The lowest BCUT2D eigenvalue weighted by atomic mass is 10.2. The summed E-state index contributed by atoms with van der Waals surface area (Å²) in [7, 11) is 0. The van der Waals surface area contributed by atoms with Crippen molar-refractivity contribution in [2.75, 3.05) is 18.4 Å². The van der Waals surface area contributed by atoms with Gasteiger partial charge in [-0.2, -0.15) is 0 Å². The molecule has 6 heteroatoms. The van der Waals surface area contributed by atoms with Crippen LogP contribution in [0.5, 0.6) is 0 Å². The summed E-state index contributed by atoms with van der Waals surface area (Å²) in [4.78, 5) is 25.6. The second-order valence-electron chi connectivity index (χ2n) is 4.83. The molecule has 120 valence electrons. The molecule has 2 aromatic rings. The fourth-order valence-corrected chi connectivity index (χ4v) is 2.06.